The van der Waals surface area contributed by atoms with E-state index in [1.807, 2.05) is 4.90 Å². The van der Waals surface area contributed by atoms with Crippen LogP contribution in [0.15, 0.2) is 22.8 Å². The Balaban J connectivity index is 1.20. The maximum Gasteiger partial charge on any atom is 0.289 e. The quantitative estimate of drug-likeness (QED) is 0.791. The normalized spacial score (nSPS) is 29.0. The molecular weight excluding hydrogens is 340 g/mol. The highest BCUT2D eigenvalue weighted by Crippen LogP contribution is 2.48. The standard InChI is InChI=1S/C22H32N2O3/c25-21(19-5-4-14-26-19)23-12-8-18(9-13-23)24-15-20(27-16-17-6-7-17)22(24)10-2-1-3-11-22/h4-5,14,17-18,20H,1-3,6-13,15-16H2. The molecule has 0 N–H and O–H groups in total. The number of hydrogen-bond donors (Lipinski definition) is 0. The number of amides is 1. The smallest absolute Gasteiger partial charge is 0.289 e. The molecule has 2 saturated heterocycles. The molecule has 5 nitrogen and oxygen atoms in total. The first kappa shape index (κ1) is 17.7. The largest absolute Gasteiger partial charge is 0.459 e. The average molecular weight is 373 g/mol. The molecule has 5 heteroatoms. The van der Waals surface area contributed by atoms with E-state index >= 15 is 0 Å². The first-order chi connectivity index (χ1) is 13.3. The lowest BCUT2D eigenvalue weighted by molar-refractivity contribution is -0.202. The van der Waals surface area contributed by atoms with Crippen LogP contribution in [0.25, 0.3) is 0 Å². The highest BCUT2D eigenvalue weighted by atomic mass is 16.5. The molecule has 1 aromatic heterocycles. The van der Waals surface area contributed by atoms with Gasteiger partial charge in [0.1, 0.15) is 0 Å². The number of likely N-dealkylation sites (tertiary alicyclic amines) is 2. The monoisotopic (exact) mass is 372 g/mol. The van der Waals surface area contributed by atoms with Crippen molar-refractivity contribution in [3.8, 4) is 0 Å². The minimum absolute atomic E-state index is 0.0417. The number of piperidine rings is 1. The summed E-state index contributed by atoms with van der Waals surface area (Å²) in [4.78, 5) is 17.3. The molecule has 2 aliphatic carbocycles. The molecule has 1 atom stereocenters. The first-order valence-electron chi connectivity index (χ1n) is 11.0. The van der Waals surface area contributed by atoms with Gasteiger partial charge in [-0.15, -0.1) is 0 Å². The highest BCUT2D eigenvalue weighted by molar-refractivity contribution is 5.91. The molecule has 2 aliphatic heterocycles. The molecule has 148 valence electrons. The molecule has 1 amide bonds. The van der Waals surface area contributed by atoms with Gasteiger partial charge in [0, 0.05) is 37.8 Å². The maximum absolute atomic E-state index is 12.5. The molecule has 0 bridgehead atoms. The van der Waals surface area contributed by atoms with E-state index in [2.05, 4.69) is 4.90 Å². The Morgan fingerprint density at radius 1 is 1.15 bits per heavy atom. The van der Waals surface area contributed by atoms with Crippen molar-refractivity contribution >= 4 is 5.91 Å². The number of rotatable bonds is 5. The Labute approximate surface area is 162 Å². The van der Waals surface area contributed by atoms with Gasteiger partial charge in [-0.2, -0.15) is 0 Å². The van der Waals surface area contributed by atoms with Gasteiger partial charge in [-0.25, -0.2) is 0 Å². The van der Waals surface area contributed by atoms with E-state index in [0.717, 1.165) is 45.0 Å². The summed E-state index contributed by atoms with van der Waals surface area (Å²) >= 11 is 0. The third-order valence-corrected chi connectivity index (χ3v) is 7.41. The lowest BCUT2D eigenvalue weighted by atomic mass is 9.69. The van der Waals surface area contributed by atoms with Crippen molar-refractivity contribution in [2.75, 3.05) is 26.2 Å². The van der Waals surface area contributed by atoms with Gasteiger partial charge in [0.05, 0.1) is 12.4 Å². The number of nitrogens with zero attached hydrogens (tertiary/aromatic N) is 2. The Morgan fingerprint density at radius 3 is 2.59 bits per heavy atom. The second kappa shape index (κ2) is 7.25. The van der Waals surface area contributed by atoms with E-state index in [4.69, 9.17) is 9.15 Å². The van der Waals surface area contributed by atoms with Crippen LogP contribution in [0.4, 0.5) is 0 Å². The molecule has 0 radical (unpaired) electrons. The van der Waals surface area contributed by atoms with Gasteiger partial charge < -0.3 is 14.1 Å². The van der Waals surface area contributed by atoms with Crippen LogP contribution in [0.5, 0.6) is 0 Å². The van der Waals surface area contributed by atoms with E-state index in [0.29, 0.717) is 23.4 Å². The zero-order valence-electron chi connectivity index (χ0n) is 16.3. The number of hydrogen-bond acceptors (Lipinski definition) is 4. The Hall–Kier alpha value is -1.33. The lowest BCUT2D eigenvalue weighted by Gasteiger charge is -2.63. The molecule has 3 heterocycles. The minimum Gasteiger partial charge on any atom is -0.459 e. The summed E-state index contributed by atoms with van der Waals surface area (Å²) in [6, 6.07) is 4.15. The van der Waals surface area contributed by atoms with Crippen LogP contribution in [0.2, 0.25) is 0 Å². The molecule has 2 saturated carbocycles. The molecular formula is C22H32N2O3. The molecule has 1 spiro atoms. The second-order valence-corrected chi connectivity index (χ2v) is 9.08. The van der Waals surface area contributed by atoms with Gasteiger partial charge in [-0.1, -0.05) is 19.3 Å². The maximum atomic E-state index is 12.5. The third-order valence-electron chi connectivity index (χ3n) is 7.41. The zero-order valence-corrected chi connectivity index (χ0v) is 16.3. The molecule has 5 rings (SSSR count). The van der Waals surface area contributed by atoms with Crippen LogP contribution >= 0.6 is 0 Å². The van der Waals surface area contributed by atoms with Gasteiger partial charge in [0.2, 0.25) is 0 Å². The summed E-state index contributed by atoms with van der Waals surface area (Å²) in [5.41, 5.74) is 0.297. The van der Waals surface area contributed by atoms with Crippen molar-refractivity contribution in [1.29, 1.82) is 0 Å². The van der Waals surface area contributed by atoms with E-state index in [9.17, 15) is 4.79 Å². The first-order valence-corrected chi connectivity index (χ1v) is 11.0. The predicted molar refractivity (Wildman–Crippen MR) is 103 cm³/mol. The zero-order chi connectivity index (χ0) is 18.3. The molecule has 27 heavy (non-hydrogen) atoms. The van der Waals surface area contributed by atoms with Crippen molar-refractivity contribution in [3.63, 3.8) is 0 Å². The SMILES string of the molecule is O=C(c1ccco1)N1CCC(N2CC(OCC3CC3)C23CCCCC3)CC1. The van der Waals surface area contributed by atoms with Crippen LogP contribution in [-0.4, -0.2) is 59.6 Å². The predicted octanol–water partition coefficient (Wildman–Crippen LogP) is 3.70. The van der Waals surface area contributed by atoms with Crippen LogP contribution in [0, 0.1) is 5.92 Å². The van der Waals surface area contributed by atoms with Gasteiger partial charge in [-0.3, -0.25) is 9.69 Å². The van der Waals surface area contributed by atoms with Gasteiger partial charge >= 0.3 is 0 Å². The van der Waals surface area contributed by atoms with Gasteiger partial charge in [0.25, 0.3) is 5.91 Å². The summed E-state index contributed by atoms with van der Waals surface area (Å²) in [5.74, 6) is 1.35. The van der Waals surface area contributed by atoms with Crippen LogP contribution in [0.1, 0.15) is 68.3 Å². The molecule has 0 aromatic carbocycles. The fourth-order valence-electron chi connectivity index (χ4n) is 5.57. The summed E-state index contributed by atoms with van der Waals surface area (Å²) in [6.07, 6.45) is 13.6. The number of furan rings is 1. The molecule has 4 aliphatic rings. The summed E-state index contributed by atoms with van der Waals surface area (Å²) < 4.78 is 11.7. The van der Waals surface area contributed by atoms with Crippen molar-refractivity contribution in [3.05, 3.63) is 24.2 Å². The lowest BCUT2D eigenvalue weighted by Crippen LogP contribution is -2.75. The van der Waals surface area contributed by atoms with E-state index < -0.39 is 0 Å². The van der Waals surface area contributed by atoms with Crippen molar-refractivity contribution < 1.29 is 13.9 Å². The Bertz CT molecular complexity index is 641. The van der Waals surface area contributed by atoms with Crippen LogP contribution in [0.3, 0.4) is 0 Å². The second-order valence-electron chi connectivity index (χ2n) is 9.08. The average Bonchev–Trinajstić information content (AvgIpc) is 3.38. The number of carbonyl (C=O) groups is 1. The Morgan fingerprint density at radius 2 is 1.93 bits per heavy atom. The van der Waals surface area contributed by atoms with Crippen molar-refractivity contribution in [2.45, 2.75) is 75.5 Å². The van der Waals surface area contributed by atoms with E-state index in [-0.39, 0.29) is 5.91 Å². The molecule has 1 aromatic rings. The summed E-state index contributed by atoms with van der Waals surface area (Å²) in [5, 5.41) is 0. The summed E-state index contributed by atoms with van der Waals surface area (Å²) in [7, 11) is 0. The van der Waals surface area contributed by atoms with E-state index in [1.54, 1.807) is 18.4 Å². The van der Waals surface area contributed by atoms with Gasteiger partial charge in [-0.05, 0) is 56.6 Å². The van der Waals surface area contributed by atoms with Crippen LogP contribution < -0.4 is 0 Å². The highest BCUT2D eigenvalue weighted by Gasteiger charge is 2.56. The number of carbonyl (C=O) groups excluding carboxylic acids is 1. The molecule has 1 unspecified atom stereocenters. The fourth-order valence-corrected chi connectivity index (χ4v) is 5.57. The Kier molecular flexibility index (Phi) is 4.76. The third kappa shape index (κ3) is 3.33. The van der Waals surface area contributed by atoms with Crippen molar-refractivity contribution in [1.82, 2.24) is 9.80 Å². The van der Waals surface area contributed by atoms with Crippen LogP contribution in [-0.2, 0) is 4.74 Å². The number of ether oxygens (including phenoxy) is 1. The van der Waals surface area contributed by atoms with Crippen molar-refractivity contribution in [2.24, 2.45) is 5.92 Å². The molecule has 4 fully saturated rings. The summed E-state index contributed by atoms with van der Waals surface area (Å²) in [6.45, 7) is 3.76. The van der Waals surface area contributed by atoms with Gasteiger partial charge in [0.15, 0.2) is 5.76 Å². The fraction of sp³-hybridized carbons (Fsp3) is 0.773. The topological polar surface area (TPSA) is 45.9 Å². The van der Waals surface area contributed by atoms with E-state index in [1.165, 1.54) is 44.9 Å². The minimum atomic E-state index is 0.0417.